The summed E-state index contributed by atoms with van der Waals surface area (Å²) in [4.78, 5) is 7.08. The highest BCUT2D eigenvalue weighted by atomic mass is 16.5. The van der Waals surface area contributed by atoms with E-state index in [9.17, 15) is 0 Å². The zero-order chi connectivity index (χ0) is 13.8. The quantitative estimate of drug-likeness (QED) is 0.912. The third-order valence-corrected chi connectivity index (χ3v) is 4.59. The standard InChI is InChI=1S/C16H25N3O/c1-20-16-8-2-6-14(18-16)12-19-10-4-5-13(11-19)15-7-3-9-17-15/h2,6,8,13,15,17H,3-5,7,9-12H2,1H3. The first-order valence-corrected chi connectivity index (χ1v) is 7.81. The van der Waals surface area contributed by atoms with Crippen molar-refractivity contribution in [3.63, 3.8) is 0 Å². The summed E-state index contributed by atoms with van der Waals surface area (Å²) in [5.74, 6) is 1.53. The van der Waals surface area contributed by atoms with Crippen LogP contribution in [0.4, 0.5) is 0 Å². The minimum atomic E-state index is 0.716. The van der Waals surface area contributed by atoms with Gasteiger partial charge in [0, 0.05) is 25.2 Å². The Labute approximate surface area is 121 Å². The number of nitrogens with zero attached hydrogens (tertiary/aromatic N) is 2. The van der Waals surface area contributed by atoms with Gasteiger partial charge in [-0.05, 0) is 50.8 Å². The highest BCUT2D eigenvalue weighted by Gasteiger charge is 2.29. The molecule has 0 spiro atoms. The molecule has 2 fully saturated rings. The molecule has 2 atom stereocenters. The summed E-state index contributed by atoms with van der Waals surface area (Å²) in [5, 5.41) is 3.67. The van der Waals surface area contributed by atoms with Crippen molar-refractivity contribution in [2.45, 2.75) is 38.3 Å². The molecule has 0 aromatic carbocycles. The number of hydrogen-bond donors (Lipinski definition) is 1. The zero-order valence-corrected chi connectivity index (χ0v) is 12.3. The number of nitrogens with one attached hydrogen (secondary N) is 1. The Balaban J connectivity index is 1.59. The van der Waals surface area contributed by atoms with Gasteiger partial charge in [-0.2, -0.15) is 0 Å². The summed E-state index contributed by atoms with van der Waals surface area (Å²) in [6.45, 7) is 4.55. The fourth-order valence-corrected chi connectivity index (χ4v) is 3.57. The number of pyridine rings is 1. The number of aromatic nitrogens is 1. The van der Waals surface area contributed by atoms with Crippen molar-refractivity contribution in [2.24, 2.45) is 5.92 Å². The number of rotatable bonds is 4. The maximum Gasteiger partial charge on any atom is 0.213 e. The molecule has 4 nitrogen and oxygen atoms in total. The van der Waals surface area contributed by atoms with Gasteiger partial charge in [0.15, 0.2) is 0 Å². The first-order chi connectivity index (χ1) is 9.85. The molecule has 0 aliphatic carbocycles. The zero-order valence-electron chi connectivity index (χ0n) is 12.3. The first kappa shape index (κ1) is 13.8. The maximum atomic E-state index is 5.21. The van der Waals surface area contributed by atoms with Gasteiger partial charge in [-0.15, -0.1) is 0 Å². The van der Waals surface area contributed by atoms with E-state index in [2.05, 4.69) is 21.3 Å². The normalized spacial score (nSPS) is 27.6. The first-order valence-electron chi connectivity index (χ1n) is 7.81. The van der Waals surface area contributed by atoms with Gasteiger partial charge in [0.25, 0.3) is 0 Å². The van der Waals surface area contributed by atoms with Crippen molar-refractivity contribution in [3.8, 4) is 5.88 Å². The predicted octanol–water partition coefficient (Wildman–Crippen LogP) is 2.05. The van der Waals surface area contributed by atoms with Crippen LogP contribution >= 0.6 is 0 Å². The van der Waals surface area contributed by atoms with Gasteiger partial charge in [-0.3, -0.25) is 4.90 Å². The second-order valence-electron chi connectivity index (χ2n) is 6.01. The Hall–Kier alpha value is -1.13. The average Bonchev–Trinajstić information content (AvgIpc) is 3.02. The molecule has 20 heavy (non-hydrogen) atoms. The Kier molecular flexibility index (Phi) is 4.53. The summed E-state index contributed by atoms with van der Waals surface area (Å²) < 4.78 is 5.21. The predicted molar refractivity (Wildman–Crippen MR) is 79.8 cm³/mol. The summed E-state index contributed by atoms with van der Waals surface area (Å²) >= 11 is 0. The molecule has 2 unspecified atom stereocenters. The fourth-order valence-electron chi connectivity index (χ4n) is 3.57. The third-order valence-electron chi connectivity index (χ3n) is 4.59. The second kappa shape index (κ2) is 6.55. The molecule has 0 radical (unpaired) electrons. The maximum absolute atomic E-state index is 5.21. The number of ether oxygens (including phenoxy) is 1. The average molecular weight is 275 g/mol. The third kappa shape index (κ3) is 3.30. The van der Waals surface area contributed by atoms with Crippen LogP contribution < -0.4 is 10.1 Å². The molecule has 2 aliphatic heterocycles. The Morgan fingerprint density at radius 2 is 2.30 bits per heavy atom. The van der Waals surface area contributed by atoms with E-state index < -0.39 is 0 Å². The van der Waals surface area contributed by atoms with Crippen LogP contribution in [0.3, 0.4) is 0 Å². The molecular formula is C16H25N3O. The molecule has 4 heteroatoms. The number of methoxy groups -OCH3 is 1. The summed E-state index contributed by atoms with van der Waals surface area (Å²) in [5.41, 5.74) is 1.12. The van der Waals surface area contributed by atoms with E-state index in [1.807, 2.05) is 12.1 Å². The van der Waals surface area contributed by atoms with E-state index in [0.717, 1.165) is 24.2 Å². The molecule has 0 amide bonds. The van der Waals surface area contributed by atoms with E-state index in [1.165, 1.54) is 45.3 Å². The molecule has 2 saturated heterocycles. The van der Waals surface area contributed by atoms with Gasteiger partial charge in [0.2, 0.25) is 5.88 Å². The van der Waals surface area contributed by atoms with E-state index in [-0.39, 0.29) is 0 Å². The van der Waals surface area contributed by atoms with Crippen LogP contribution in [0.5, 0.6) is 5.88 Å². The highest BCUT2D eigenvalue weighted by molar-refractivity contribution is 5.15. The van der Waals surface area contributed by atoms with Gasteiger partial charge >= 0.3 is 0 Å². The number of piperidine rings is 1. The van der Waals surface area contributed by atoms with E-state index >= 15 is 0 Å². The molecule has 110 valence electrons. The number of hydrogen-bond acceptors (Lipinski definition) is 4. The van der Waals surface area contributed by atoms with E-state index in [4.69, 9.17) is 4.74 Å². The summed E-state index contributed by atoms with van der Waals surface area (Å²) in [6, 6.07) is 6.78. The van der Waals surface area contributed by atoms with Crippen LogP contribution in [0.2, 0.25) is 0 Å². The monoisotopic (exact) mass is 275 g/mol. The van der Waals surface area contributed by atoms with E-state index in [0.29, 0.717) is 5.88 Å². The van der Waals surface area contributed by atoms with Gasteiger partial charge in [0.05, 0.1) is 12.8 Å². The van der Waals surface area contributed by atoms with Crippen LogP contribution in [0.1, 0.15) is 31.4 Å². The molecule has 2 aliphatic rings. The summed E-state index contributed by atoms with van der Waals surface area (Å²) in [7, 11) is 1.68. The molecule has 3 rings (SSSR count). The smallest absolute Gasteiger partial charge is 0.213 e. The van der Waals surface area contributed by atoms with Gasteiger partial charge < -0.3 is 10.1 Å². The molecule has 1 aromatic rings. The van der Waals surface area contributed by atoms with Crippen molar-refractivity contribution in [3.05, 3.63) is 23.9 Å². The van der Waals surface area contributed by atoms with Crippen molar-refractivity contribution in [2.75, 3.05) is 26.7 Å². The lowest BCUT2D eigenvalue weighted by Gasteiger charge is -2.35. The van der Waals surface area contributed by atoms with Crippen molar-refractivity contribution in [1.29, 1.82) is 0 Å². The summed E-state index contributed by atoms with van der Waals surface area (Å²) in [6.07, 6.45) is 5.39. The lowest BCUT2D eigenvalue weighted by atomic mass is 9.90. The van der Waals surface area contributed by atoms with Gasteiger partial charge in [-0.1, -0.05) is 6.07 Å². The molecule has 0 saturated carbocycles. The molecule has 1 N–H and O–H groups in total. The highest BCUT2D eigenvalue weighted by Crippen LogP contribution is 2.25. The molecule has 0 bridgehead atoms. The van der Waals surface area contributed by atoms with E-state index in [1.54, 1.807) is 7.11 Å². The van der Waals surface area contributed by atoms with Crippen LogP contribution in [-0.4, -0.2) is 42.7 Å². The van der Waals surface area contributed by atoms with Gasteiger partial charge in [-0.25, -0.2) is 4.98 Å². The topological polar surface area (TPSA) is 37.4 Å². The molecule has 1 aromatic heterocycles. The Morgan fingerprint density at radius 3 is 3.10 bits per heavy atom. The second-order valence-corrected chi connectivity index (χ2v) is 6.01. The SMILES string of the molecule is COc1cccc(CN2CCCC(C3CCCN3)C2)n1. The van der Waals surface area contributed by atoms with Crippen molar-refractivity contribution >= 4 is 0 Å². The van der Waals surface area contributed by atoms with Crippen LogP contribution in [0.15, 0.2) is 18.2 Å². The number of likely N-dealkylation sites (tertiary alicyclic amines) is 1. The lowest BCUT2D eigenvalue weighted by molar-refractivity contribution is 0.144. The lowest BCUT2D eigenvalue weighted by Crippen LogP contribution is -2.43. The minimum absolute atomic E-state index is 0.716. The van der Waals surface area contributed by atoms with Gasteiger partial charge in [0.1, 0.15) is 0 Å². The fraction of sp³-hybridized carbons (Fsp3) is 0.688. The van der Waals surface area contributed by atoms with Crippen molar-refractivity contribution in [1.82, 2.24) is 15.2 Å². The van der Waals surface area contributed by atoms with Crippen LogP contribution in [0.25, 0.3) is 0 Å². The largest absolute Gasteiger partial charge is 0.481 e. The van der Waals surface area contributed by atoms with Crippen LogP contribution in [-0.2, 0) is 6.54 Å². The van der Waals surface area contributed by atoms with Crippen LogP contribution in [0, 0.1) is 5.92 Å². The Morgan fingerprint density at radius 1 is 1.35 bits per heavy atom. The molecule has 3 heterocycles. The Bertz CT molecular complexity index is 431. The minimum Gasteiger partial charge on any atom is -0.481 e. The van der Waals surface area contributed by atoms with Crippen molar-refractivity contribution < 1.29 is 4.74 Å². The molecular weight excluding hydrogens is 250 g/mol.